The van der Waals surface area contributed by atoms with Gasteiger partial charge in [-0.2, -0.15) is 0 Å². The highest BCUT2D eigenvalue weighted by molar-refractivity contribution is 8.16. The van der Waals surface area contributed by atoms with Crippen LogP contribution in [0.1, 0.15) is 25.5 Å². The van der Waals surface area contributed by atoms with E-state index in [4.69, 9.17) is 9.47 Å². The molecule has 0 N–H and O–H groups in total. The maximum Gasteiger partial charge on any atom is 0.173 e. The Morgan fingerprint density at radius 2 is 1.90 bits per heavy atom. The molecule has 0 aromatic heterocycles. The van der Waals surface area contributed by atoms with Crippen molar-refractivity contribution in [2.45, 2.75) is 19.9 Å². The molecular formula is C16H18N2O2S. The summed E-state index contributed by atoms with van der Waals surface area (Å²) in [4.78, 5) is 6.85. The number of nitrogens with zero attached hydrogens (tertiary/aromatic N) is 2. The van der Waals surface area contributed by atoms with E-state index in [0.717, 1.165) is 27.9 Å². The average Bonchev–Trinajstić information content (AvgIpc) is 2.86. The molecule has 110 valence electrons. The van der Waals surface area contributed by atoms with E-state index < -0.39 is 0 Å². The van der Waals surface area contributed by atoms with E-state index >= 15 is 0 Å². The first kappa shape index (κ1) is 14.1. The molecule has 0 spiro atoms. The van der Waals surface area contributed by atoms with E-state index in [1.807, 2.05) is 19.1 Å². The number of benzene rings is 1. The van der Waals surface area contributed by atoms with Crippen molar-refractivity contribution in [2.75, 3.05) is 14.2 Å². The number of ether oxygens (including phenoxy) is 2. The van der Waals surface area contributed by atoms with Crippen LogP contribution in [0.5, 0.6) is 11.5 Å². The van der Waals surface area contributed by atoms with Gasteiger partial charge in [0.1, 0.15) is 0 Å². The van der Waals surface area contributed by atoms with Crippen LogP contribution in [0.15, 0.2) is 46.1 Å². The Bertz CT molecular complexity index is 664. The fraction of sp³-hybridized carbons (Fsp3) is 0.312. The second kappa shape index (κ2) is 5.48. The van der Waals surface area contributed by atoms with Crippen LogP contribution in [0.2, 0.25) is 0 Å². The van der Waals surface area contributed by atoms with Crippen molar-refractivity contribution in [2.24, 2.45) is 4.99 Å². The van der Waals surface area contributed by atoms with Crippen LogP contribution in [-0.2, 0) is 0 Å². The van der Waals surface area contributed by atoms with Crippen molar-refractivity contribution < 1.29 is 9.47 Å². The van der Waals surface area contributed by atoms with Gasteiger partial charge in [-0.05, 0) is 43.0 Å². The number of aliphatic imine (C=N–C) groups is 1. The van der Waals surface area contributed by atoms with E-state index in [9.17, 15) is 0 Å². The maximum absolute atomic E-state index is 5.42. The molecule has 0 bridgehead atoms. The smallest absolute Gasteiger partial charge is 0.173 e. The number of thioether (sulfide) groups is 1. The van der Waals surface area contributed by atoms with Crippen LogP contribution >= 0.6 is 11.8 Å². The van der Waals surface area contributed by atoms with E-state index in [0.29, 0.717) is 0 Å². The van der Waals surface area contributed by atoms with Crippen molar-refractivity contribution in [1.29, 1.82) is 0 Å². The average molecular weight is 302 g/mol. The first-order chi connectivity index (χ1) is 10.1. The van der Waals surface area contributed by atoms with E-state index in [-0.39, 0.29) is 6.04 Å². The third kappa shape index (κ3) is 2.42. The van der Waals surface area contributed by atoms with Gasteiger partial charge in [0.25, 0.3) is 0 Å². The molecule has 0 saturated heterocycles. The Hall–Kier alpha value is -1.88. The molecule has 0 saturated carbocycles. The van der Waals surface area contributed by atoms with Gasteiger partial charge < -0.3 is 14.4 Å². The van der Waals surface area contributed by atoms with Gasteiger partial charge in [0.2, 0.25) is 0 Å². The van der Waals surface area contributed by atoms with Crippen LogP contribution in [0, 0.1) is 0 Å². The van der Waals surface area contributed by atoms with Gasteiger partial charge in [-0.3, -0.25) is 0 Å². The summed E-state index contributed by atoms with van der Waals surface area (Å²) in [6.45, 7) is 4.14. The Kier molecular flexibility index (Phi) is 3.68. The summed E-state index contributed by atoms with van der Waals surface area (Å²) >= 11 is 1.67. The number of hydrogen-bond donors (Lipinski definition) is 0. The summed E-state index contributed by atoms with van der Waals surface area (Å²) in [7, 11) is 3.31. The molecule has 2 heterocycles. The lowest BCUT2D eigenvalue weighted by molar-refractivity contribution is 0.353. The lowest BCUT2D eigenvalue weighted by Gasteiger charge is -2.32. The summed E-state index contributed by atoms with van der Waals surface area (Å²) in [5.41, 5.74) is 3.41. The topological polar surface area (TPSA) is 34.1 Å². The molecule has 1 aromatic carbocycles. The second-order valence-electron chi connectivity index (χ2n) is 5.01. The van der Waals surface area contributed by atoms with Gasteiger partial charge in [0.15, 0.2) is 16.7 Å². The summed E-state index contributed by atoms with van der Waals surface area (Å²) in [5.74, 6) is 1.49. The molecule has 5 heteroatoms. The van der Waals surface area contributed by atoms with Gasteiger partial charge in [0, 0.05) is 11.4 Å². The molecule has 1 unspecified atom stereocenters. The third-order valence-corrected chi connectivity index (χ3v) is 4.58. The van der Waals surface area contributed by atoms with Crippen LogP contribution in [0.25, 0.3) is 0 Å². The lowest BCUT2D eigenvalue weighted by atomic mass is 10.0. The molecule has 2 aliphatic heterocycles. The van der Waals surface area contributed by atoms with Gasteiger partial charge >= 0.3 is 0 Å². The molecule has 3 rings (SSSR count). The van der Waals surface area contributed by atoms with Crippen LogP contribution < -0.4 is 9.47 Å². The predicted octanol–water partition coefficient (Wildman–Crippen LogP) is 3.93. The molecule has 0 amide bonds. The number of methoxy groups -OCH3 is 2. The van der Waals surface area contributed by atoms with Crippen molar-refractivity contribution >= 4 is 16.9 Å². The molecular weight excluding hydrogens is 284 g/mol. The van der Waals surface area contributed by atoms with Crippen molar-refractivity contribution in [3.8, 4) is 11.5 Å². The van der Waals surface area contributed by atoms with Gasteiger partial charge in [0.05, 0.1) is 20.3 Å². The zero-order valence-electron chi connectivity index (χ0n) is 12.6. The molecule has 0 aliphatic carbocycles. The second-order valence-corrected chi connectivity index (χ2v) is 5.85. The SMILES string of the molecule is COc1ccc(C2C=C(C)N=C3SC=C(C)N32)cc1OC. The first-order valence-corrected chi connectivity index (χ1v) is 7.63. The molecule has 0 radical (unpaired) electrons. The zero-order valence-corrected chi connectivity index (χ0v) is 13.4. The molecule has 21 heavy (non-hydrogen) atoms. The first-order valence-electron chi connectivity index (χ1n) is 6.75. The molecule has 4 nitrogen and oxygen atoms in total. The molecule has 2 aliphatic rings. The standard InChI is InChI=1S/C16H18N2O2S/c1-10-7-13(18-11(2)9-21-16(18)17-10)12-5-6-14(19-3)15(8-12)20-4/h5-9,13H,1-4H3. The van der Waals surface area contributed by atoms with Crippen molar-refractivity contribution in [3.63, 3.8) is 0 Å². The van der Waals surface area contributed by atoms with Crippen LogP contribution in [0.4, 0.5) is 0 Å². The molecule has 1 atom stereocenters. The Labute approximate surface area is 129 Å². The summed E-state index contributed by atoms with van der Waals surface area (Å²) in [5, 5.41) is 3.17. The Balaban J connectivity index is 2.03. The summed E-state index contributed by atoms with van der Waals surface area (Å²) < 4.78 is 10.7. The van der Waals surface area contributed by atoms with E-state index in [1.54, 1.807) is 26.0 Å². The van der Waals surface area contributed by atoms with Crippen LogP contribution in [-0.4, -0.2) is 24.3 Å². The normalized spacial score (nSPS) is 20.5. The fourth-order valence-corrected chi connectivity index (χ4v) is 3.55. The largest absolute Gasteiger partial charge is 0.493 e. The van der Waals surface area contributed by atoms with Crippen molar-refractivity contribution in [3.05, 3.63) is 46.6 Å². The van der Waals surface area contributed by atoms with Gasteiger partial charge in [-0.25, -0.2) is 4.99 Å². The zero-order chi connectivity index (χ0) is 15.0. The van der Waals surface area contributed by atoms with Crippen LogP contribution in [0.3, 0.4) is 0 Å². The van der Waals surface area contributed by atoms with E-state index in [2.05, 4.69) is 34.4 Å². The highest BCUT2D eigenvalue weighted by atomic mass is 32.2. The van der Waals surface area contributed by atoms with Gasteiger partial charge in [-0.1, -0.05) is 17.8 Å². The molecule has 0 fully saturated rings. The number of fused-ring (bicyclic) bond motifs is 1. The van der Waals surface area contributed by atoms with Gasteiger partial charge in [-0.15, -0.1) is 0 Å². The minimum absolute atomic E-state index is 0.142. The quantitative estimate of drug-likeness (QED) is 0.847. The minimum atomic E-state index is 0.142. The highest BCUT2D eigenvalue weighted by Gasteiger charge is 2.31. The summed E-state index contributed by atoms with van der Waals surface area (Å²) in [6, 6.07) is 6.20. The highest BCUT2D eigenvalue weighted by Crippen LogP contribution is 2.41. The monoisotopic (exact) mass is 302 g/mol. The number of rotatable bonds is 3. The van der Waals surface area contributed by atoms with Crippen molar-refractivity contribution in [1.82, 2.24) is 4.90 Å². The summed E-state index contributed by atoms with van der Waals surface area (Å²) in [6.07, 6.45) is 2.17. The maximum atomic E-state index is 5.42. The third-order valence-electron chi connectivity index (χ3n) is 3.62. The number of amidine groups is 1. The lowest BCUT2D eigenvalue weighted by Crippen LogP contribution is -2.30. The molecule has 1 aromatic rings. The minimum Gasteiger partial charge on any atom is -0.493 e. The number of allylic oxidation sites excluding steroid dienone is 2. The fourth-order valence-electron chi connectivity index (χ4n) is 2.59. The Morgan fingerprint density at radius 3 is 2.62 bits per heavy atom. The Morgan fingerprint density at radius 1 is 1.14 bits per heavy atom. The number of hydrogen-bond acceptors (Lipinski definition) is 5. The predicted molar refractivity (Wildman–Crippen MR) is 86.7 cm³/mol. The van der Waals surface area contributed by atoms with E-state index in [1.165, 1.54) is 5.70 Å².